The van der Waals surface area contributed by atoms with E-state index in [1.54, 1.807) is 22.7 Å². The van der Waals surface area contributed by atoms with E-state index in [9.17, 15) is 0 Å². The summed E-state index contributed by atoms with van der Waals surface area (Å²) in [4.78, 5) is 9.32. The second kappa shape index (κ2) is 4.36. The Labute approximate surface area is 124 Å². The summed E-state index contributed by atoms with van der Waals surface area (Å²) in [5, 5.41) is 2.19. The van der Waals surface area contributed by atoms with Crippen LogP contribution in [0.15, 0.2) is 36.4 Å². The van der Waals surface area contributed by atoms with Gasteiger partial charge < -0.3 is 0 Å². The number of hydrogen-bond donors (Lipinski definition) is 0. The van der Waals surface area contributed by atoms with Crippen molar-refractivity contribution in [1.29, 1.82) is 0 Å². The lowest BCUT2D eigenvalue weighted by Crippen LogP contribution is -1.76. The molecule has 0 spiro atoms. The van der Waals surface area contributed by atoms with E-state index in [4.69, 9.17) is 4.98 Å². The zero-order valence-electron chi connectivity index (χ0n) is 11.2. The Kier molecular flexibility index (Phi) is 2.62. The van der Waals surface area contributed by atoms with Crippen molar-refractivity contribution in [2.75, 3.05) is 0 Å². The molecule has 2 heterocycles. The van der Waals surface area contributed by atoms with Gasteiger partial charge in [-0.25, -0.2) is 9.97 Å². The molecular formula is C16H12N2S2. The predicted molar refractivity (Wildman–Crippen MR) is 87.7 cm³/mol. The van der Waals surface area contributed by atoms with Gasteiger partial charge in [-0.1, -0.05) is 29.8 Å². The van der Waals surface area contributed by atoms with Gasteiger partial charge in [0, 0.05) is 5.56 Å². The quantitative estimate of drug-likeness (QED) is 0.483. The van der Waals surface area contributed by atoms with Gasteiger partial charge in [-0.15, -0.1) is 22.7 Å². The Hall–Kier alpha value is -1.78. The number of aromatic nitrogens is 2. The highest BCUT2D eigenvalue weighted by molar-refractivity contribution is 7.22. The largest absolute Gasteiger partial charge is 0.241 e. The SMILES string of the molecule is Cc1ccc(-c2nc3cc4sc(C)nc4cc3s2)cc1. The number of thiazole rings is 2. The third-order valence-corrected chi connectivity index (χ3v) is 5.30. The van der Waals surface area contributed by atoms with Crippen LogP contribution in [0.3, 0.4) is 0 Å². The van der Waals surface area contributed by atoms with Crippen molar-refractivity contribution in [1.82, 2.24) is 9.97 Å². The van der Waals surface area contributed by atoms with E-state index < -0.39 is 0 Å². The van der Waals surface area contributed by atoms with Gasteiger partial charge in [-0.2, -0.15) is 0 Å². The number of benzene rings is 2. The van der Waals surface area contributed by atoms with Gasteiger partial charge in [0.25, 0.3) is 0 Å². The molecule has 2 aromatic carbocycles. The van der Waals surface area contributed by atoms with Crippen molar-refractivity contribution in [3.8, 4) is 10.6 Å². The van der Waals surface area contributed by atoms with Gasteiger partial charge in [-0.05, 0) is 26.0 Å². The molecule has 4 heteroatoms. The molecule has 0 N–H and O–H groups in total. The molecule has 0 fully saturated rings. The van der Waals surface area contributed by atoms with Crippen molar-refractivity contribution >= 4 is 43.1 Å². The van der Waals surface area contributed by atoms with Crippen LogP contribution in [0.1, 0.15) is 10.6 Å². The summed E-state index contributed by atoms with van der Waals surface area (Å²) in [5.74, 6) is 0. The summed E-state index contributed by atoms with van der Waals surface area (Å²) < 4.78 is 2.43. The maximum Gasteiger partial charge on any atom is 0.124 e. The smallest absolute Gasteiger partial charge is 0.124 e. The number of hydrogen-bond acceptors (Lipinski definition) is 4. The monoisotopic (exact) mass is 296 g/mol. The summed E-state index contributed by atoms with van der Waals surface area (Å²) >= 11 is 3.46. The molecule has 0 radical (unpaired) electrons. The molecule has 0 amide bonds. The van der Waals surface area contributed by atoms with Crippen LogP contribution in [-0.2, 0) is 0 Å². The van der Waals surface area contributed by atoms with Crippen LogP contribution in [0.25, 0.3) is 31.0 Å². The molecule has 20 heavy (non-hydrogen) atoms. The lowest BCUT2D eigenvalue weighted by molar-refractivity contribution is 1.35. The van der Waals surface area contributed by atoms with E-state index in [0.717, 1.165) is 21.0 Å². The Morgan fingerprint density at radius 3 is 2.20 bits per heavy atom. The second-order valence-corrected chi connectivity index (χ2v) is 7.17. The average Bonchev–Trinajstić information content (AvgIpc) is 2.97. The minimum absolute atomic E-state index is 1.07. The third-order valence-electron chi connectivity index (χ3n) is 3.30. The molecule has 0 aliphatic rings. The van der Waals surface area contributed by atoms with Gasteiger partial charge in [0.05, 0.1) is 25.4 Å². The van der Waals surface area contributed by atoms with E-state index in [2.05, 4.69) is 48.3 Å². The average molecular weight is 296 g/mol. The molecule has 4 aromatic rings. The predicted octanol–water partition coefficient (Wildman–Crippen LogP) is 5.19. The first-order chi connectivity index (χ1) is 9.69. The summed E-state index contributed by atoms with van der Waals surface area (Å²) in [6.45, 7) is 4.15. The van der Waals surface area contributed by atoms with Crippen molar-refractivity contribution in [3.63, 3.8) is 0 Å². The summed E-state index contributed by atoms with van der Waals surface area (Å²) in [6.07, 6.45) is 0. The Balaban J connectivity index is 1.91. The van der Waals surface area contributed by atoms with Crippen molar-refractivity contribution < 1.29 is 0 Å². The zero-order chi connectivity index (χ0) is 13.7. The van der Waals surface area contributed by atoms with Crippen LogP contribution in [0, 0.1) is 13.8 Å². The maximum atomic E-state index is 4.77. The number of aryl methyl sites for hydroxylation is 2. The maximum absolute atomic E-state index is 4.77. The molecule has 98 valence electrons. The van der Waals surface area contributed by atoms with E-state index in [1.807, 2.05) is 6.92 Å². The van der Waals surface area contributed by atoms with Gasteiger partial charge in [0.1, 0.15) is 5.01 Å². The van der Waals surface area contributed by atoms with Gasteiger partial charge in [-0.3, -0.25) is 0 Å². The highest BCUT2D eigenvalue weighted by atomic mass is 32.1. The van der Waals surface area contributed by atoms with Crippen LogP contribution in [0.2, 0.25) is 0 Å². The lowest BCUT2D eigenvalue weighted by atomic mass is 10.2. The van der Waals surface area contributed by atoms with E-state index >= 15 is 0 Å². The Morgan fingerprint density at radius 2 is 1.45 bits per heavy atom. The summed E-state index contributed by atoms with van der Waals surface area (Å²) in [7, 11) is 0. The van der Waals surface area contributed by atoms with Crippen molar-refractivity contribution in [3.05, 3.63) is 47.0 Å². The molecule has 0 bridgehead atoms. The fourth-order valence-electron chi connectivity index (χ4n) is 2.28. The standard InChI is InChI=1S/C16H12N2S2/c1-9-3-5-11(6-4-9)16-18-13-8-14-12(7-15(13)20-16)17-10(2)19-14/h3-8H,1-2H3. The zero-order valence-corrected chi connectivity index (χ0v) is 12.8. The third kappa shape index (κ3) is 1.92. The van der Waals surface area contributed by atoms with Crippen LogP contribution in [-0.4, -0.2) is 9.97 Å². The van der Waals surface area contributed by atoms with Gasteiger partial charge in [0.2, 0.25) is 0 Å². The Bertz CT molecular complexity index is 866. The van der Waals surface area contributed by atoms with Crippen LogP contribution < -0.4 is 0 Å². The minimum Gasteiger partial charge on any atom is -0.241 e. The van der Waals surface area contributed by atoms with Crippen LogP contribution >= 0.6 is 22.7 Å². The molecular weight excluding hydrogens is 284 g/mol. The molecule has 0 saturated carbocycles. The molecule has 0 aliphatic heterocycles. The highest BCUT2D eigenvalue weighted by Crippen LogP contribution is 2.34. The fourth-order valence-corrected chi connectivity index (χ4v) is 4.11. The lowest BCUT2D eigenvalue weighted by Gasteiger charge is -1.95. The normalized spacial score (nSPS) is 11.5. The summed E-state index contributed by atoms with van der Waals surface area (Å²) in [5.41, 5.74) is 4.61. The molecule has 4 rings (SSSR count). The second-order valence-electron chi connectivity index (χ2n) is 4.91. The molecule has 0 saturated heterocycles. The van der Waals surface area contributed by atoms with E-state index in [-0.39, 0.29) is 0 Å². The topological polar surface area (TPSA) is 25.8 Å². The first-order valence-corrected chi connectivity index (χ1v) is 8.07. The van der Waals surface area contributed by atoms with E-state index in [1.165, 1.54) is 20.5 Å². The summed E-state index contributed by atoms with van der Waals surface area (Å²) in [6, 6.07) is 12.8. The number of rotatable bonds is 1. The van der Waals surface area contributed by atoms with Crippen molar-refractivity contribution in [2.45, 2.75) is 13.8 Å². The molecule has 0 aliphatic carbocycles. The number of fused-ring (bicyclic) bond motifs is 2. The Morgan fingerprint density at radius 1 is 0.800 bits per heavy atom. The fraction of sp³-hybridized carbons (Fsp3) is 0.125. The number of nitrogens with zero attached hydrogens (tertiary/aromatic N) is 2. The van der Waals surface area contributed by atoms with Crippen LogP contribution in [0.5, 0.6) is 0 Å². The van der Waals surface area contributed by atoms with Crippen molar-refractivity contribution in [2.24, 2.45) is 0 Å². The highest BCUT2D eigenvalue weighted by Gasteiger charge is 2.09. The molecule has 0 atom stereocenters. The first kappa shape index (κ1) is 12.0. The molecule has 0 unspecified atom stereocenters. The minimum atomic E-state index is 1.07. The van der Waals surface area contributed by atoms with Gasteiger partial charge >= 0.3 is 0 Å². The van der Waals surface area contributed by atoms with Crippen LogP contribution in [0.4, 0.5) is 0 Å². The molecule has 2 aromatic heterocycles. The van der Waals surface area contributed by atoms with Gasteiger partial charge in [0.15, 0.2) is 0 Å². The molecule has 2 nitrogen and oxygen atoms in total. The first-order valence-electron chi connectivity index (χ1n) is 6.44. The van der Waals surface area contributed by atoms with E-state index in [0.29, 0.717) is 0 Å².